The van der Waals surface area contributed by atoms with Gasteiger partial charge >= 0.3 is 11.9 Å². The Balaban J connectivity index is 3.49. The third-order valence-corrected chi connectivity index (χ3v) is 3.06. The lowest BCUT2D eigenvalue weighted by Crippen LogP contribution is -2.36. The van der Waals surface area contributed by atoms with Gasteiger partial charge in [0.25, 0.3) is 0 Å². The first-order valence-corrected chi connectivity index (χ1v) is 6.88. The predicted octanol–water partition coefficient (Wildman–Crippen LogP) is 2.48. The minimum absolute atomic E-state index is 0.213. The van der Waals surface area contributed by atoms with E-state index in [0.29, 0.717) is 0 Å². The second-order valence-electron chi connectivity index (χ2n) is 4.56. The van der Waals surface area contributed by atoms with Crippen molar-refractivity contribution in [1.29, 1.82) is 0 Å². The van der Waals surface area contributed by atoms with Crippen LogP contribution in [0.5, 0.6) is 0 Å². The smallest absolute Gasteiger partial charge is 0.328 e. The van der Waals surface area contributed by atoms with Gasteiger partial charge < -0.3 is 9.47 Å². The molecule has 0 spiro atoms. The van der Waals surface area contributed by atoms with Gasteiger partial charge in [0.1, 0.15) is 0 Å². The molecule has 9 heteroatoms. The first kappa shape index (κ1) is 19.6. The molecular weight excluding hydrogens is 336 g/mol. The van der Waals surface area contributed by atoms with Crippen molar-refractivity contribution in [3.8, 4) is 0 Å². The van der Waals surface area contributed by atoms with E-state index < -0.39 is 58.0 Å². The van der Waals surface area contributed by atoms with Crippen LogP contribution in [0.1, 0.15) is 29.8 Å². The highest BCUT2D eigenvalue weighted by molar-refractivity contribution is 6.21. The molecule has 0 aliphatic carbocycles. The first-order valence-electron chi connectivity index (χ1n) is 6.88. The Hall–Kier alpha value is -2.45. The highest BCUT2D eigenvalue weighted by Gasteiger charge is 2.41. The SMILES string of the molecule is CCOC(=O)C(C(=O)OCC)C(=O)c1c(C)c(F)c(F)c(F)c1F. The summed E-state index contributed by atoms with van der Waals surface area (Å²) in [6, 6.07) is 0. The molecule has 1 rings (SSSR count). The predicted molar refractivity (Wildman–Crippen MR) is 72.1 cm³/mol. The van der Waals surface area contributed by atoms with Gasteiger partial charge in [-0.2, -0.15) is 0 Å². The molecule has 132 valence electrons. The number of benzene rings is 1. The van der Waals surface area contributed by atoms with Crippen LogP contribution in [0.2, 0.25) is 0 Å². The largest absolute Gasteiger partial charge is 0.465 e. The lowest BCUT2D eigenvalue weighted by molar-refractivity contribution is -0.158. The normalized spacial score (nSPS) is 10.7. The number of Topliss-reactive ketones (excluding diaryl/α,β-unsaturated/α-hetero) is 1. The van der Waals surface area contributed by atoms with E-state index in [9.17, 15) is 31.9 Å². The summed E-state index contributed by atoms with van der Waals surface area (Å²) in [4.78, 5) is 35.9. The Kier molecular flexibility index (Phi) is 6.44. The zero-order valence-corrected chi connectivity index (χ0v) is 13.0. The average Bonchev–Trinajstić information content (AvgIpc) is 2.52. The maximum Gasteiger partial charge on any atom is 0.328 e. The number of ether oxygens (including phenoxy) is 2. The van der Waals surface area contributed by atoms with Crippen LogP contribution < -0.4 is 0 Å². The molecule has 1 aromatic rings. The second-order valence-corrected chi connectivity index (χ2v) is 4.56. The van der Waals surface area contributed by atoms with Gasteiger partial charge in [0, 0.05) is 5.56 Å². The zero-order valence-electron chi connectivity index (χ0n) is 13.0. The summed E-state index contributed by atoms with van der Waals surface area (Å²) in [6.07, 6.45) is 0. The Bertz CT molecular complexity index is 640. The molecule has 0 saturated heterocycles. The Morgan fingerprint density at radius 1 is 0.833 bits per heavy atom. The van der Waals surface area contributed by atoms with Crippen LogP contribution in [0.4, 0.5) is 17.6 Å². The van der Waals surface area contributed by atoms with E-state index in [1.807, 2.05) is 0 Å². The molecule has 0 aliphatic rings. The number of ketones is 1. The molecule has 0 heterocycles. The molecule has 0 bridgehead atoms. The maximum absolute atomic E-state index is 13.9. The number of halogens is 4. The molecule has 0 unspecified atom stereocenters. The molecular formula is C15H14F4O5. The quantitative estimate of drug-likeness (QED) is 0.197. The van der Waals surface area contributed by atoms with Crippen molar-refractivity contribution in [1.82, 2.24) is 0 Å². The number of hydrogen-bond acceptors (Lipinski definition) is 5. The van der Waals surface area contributed by atoms with Crippen molar-refractivity contribution in [3.63, 3.8) is 0 Å². The number of hydrogen-bond donors (Lipinski definition) is 0. The van der Waals surface area contributed by atoms with Crippen molar-refractivity contribution in [3.05, 3.63) is 34.4 Å². The van der Waals surface area contributed by atoms with Crippen molar-refractivity contribution >= 4 is 17.7 Å². The van der Waals surface area contributed by atoms with Gasteiger partial charge in [-0.05, 0) is 20.8 Å². The van der Waals surface area contributed by atoms with E-state index in [2.05, 4.69) is 9.47 Å². The van der Waals surface area contributed by atoms with Crippen LogP contribution in [0.15, 0.2) is 0 Å². The summed E-state index contributed by atoms with van der Waals surface area (Å²) in [5.41, 5.74) is -2.13. The maximum atomic E-state index is 13.9. The molecule has 0 saturated carbocycles. The van der Waals surface area contributed by atoms with Gasteiger partial charge in [0.15, 0.2) is 29.1 Å². The van der Waals surface area contributed by atoms with E-state index in [0.717, 1.165) is 6.92 Å². The molecule has 0 radical (unpaired) electrons. The van der Waals surface area contributed by atoms with Crippen LogP contribution in [0.25, 0.3) is 0 Å². The molecule has 0 aromatic heterocycles. The topological polar surface area (TPSA) is 69.7 Å². The van der Waals surface area contributed by atoms with Gasteiger partial charge in [-0.25, -0.2) is 17.6 Å². The number of carbonyl (C=O) groups is 3. The summed E-state index contributed by atoms with van der Waals surface area (Å²) in [7, 11) is 0. The van der Waals surface area contributed by atoms with Gasteiger partial charge in [0.2, 0.25) is 5.92 Å². The van der Waals surface area contributed by atoms with Gasteiger partial charge in [-0.3, -0.25) is 14.4 Å². The third kappa shape index (κ3) is 3.55. The van der Waals surface area contributed by atoms with E-state index in [-0.39, 0.29) is 13.2 Å². The fourth-order valence-corrected chi connectivity index (χ4v) is 1.94. The number of carbonyl (C=O) groups excluding carboxylic acids is 3. The summed E-state index contributed by atoms with van der Waals surface area (Å²) in [5, 5.41) is 0. The molecule has 24 heavy (non-hydrogen) atoms. The zero-order chi connectivity index (χ0) is 18.6. The van der Waals surface area contributed by atoms with Gasteiger partial charge in [0.05, 0.1) is 18.8 Å². The van der Waals surface area contributed by atoms with Crippen molar-refractivity contribution in [2.75, 3.05) is 13.2 Å². The van der Waals surface area contributed by atoms with E-state index in [1.165, 1.54) is 13.8 Å². The fourth-order valence-electron chi connectivity index (χ4n) is 1.94. The summed E-state index contributed by atoms with van der Waals surface area (Å²) in [5.74, 6) is -14.7. The van der Waals surface area contributed by atoms with Crippen LogP contribution in [0.3, 0.4) is 0 Å². The van der Waals surface area contributed by atoms with E-state index in [1.54, 1.807) is 0 Å². The van der Waals surface area contributed by atoms with E-state index in [4.69, 9.17) is 0 Å². The molecule has 1 aromatic carbocycles. The lowest BCUT2D eigenvalue weighted by Gasteiger charge is -2.16. The molecule has 0 aliphatic heterocycles. The minimum Gasteiger partial charge on any atom is -0.465 e. The van der Waals surface area contributed by atoms with Crippen molar-refractivity contribution < 1.29 is 41.4 Å². The summed E-state index contributed by atoms with van der Waals surface area (Å²) in [6.45, 7) is 3.15. The van der Waals surface area contributed by atoms with Crippen LogP contribution >= 0.6 is 0 Å². The first-order chi connectivity index (χ1) is 11.2. The average molecular weight is 350 g/mol. The fraction of sp³-hybridized carbons (Fsp3) is 0.400. The summed E-state index contributed by atoms with van der Waals surface area (Å²) < 4.78 is 63.1. The molecule has 0 amide bonds. The third-order valence-electron chi connectivity index (χ3n) is 3.06. The Labute approximate surface area is 134 Å². The second kappa shape index (κ2) is 7.89. The lowest BCUT2D eigenvalue weighted by atomic mass is 9.93. The molecule has 5 nitrogen and oxygen atoms in total. The highest BCUT2D eigenvalue weighted by atomic mass is 19.2. The van der Waals surface area contributed by atoms with Crippen molar-refractivity contribution in [2.45, 2.75) is 20.8 Å². The van der Waals surface area contributed by atoms with Crippen LogP contribution in [0, 0.1) is 36.1 Å². The highest BCUT2D eigenvalue weighted by Crippen LogP contribution is 2.26. The Morgan fingerprint density at radius 3 is 1.67 bits per heavy atom. The standard InChI is InChI=1S/C15H14F4O5/c1-4-23-14(21)8(15(22)24-5-2)13(20)7-6(3)9(16)11(18)12(19)10(7)17/h8H,4-5H2,1-3H3. The molecule has 0 atom stereocenters. The van der Waals surface area contributed by atoms with Gasteiger partial charge in [-0.1, -0.05) is 0 Å². The Morgan fingerprint density at radius 2 is 1.25 bits per heavy atom. The molecule has 0 N–H and O–H groups in total. The van der Waals surface area contributed by atoms with Crippen LogP contribution in [-0.4, -0.2) is 30.9 Å². The minimum atomic E-state index is -2.28. The summed E-state index contributed by atoms with van der Waals surface area (Å²) >= 11 is 0. The number of esters is 2. The molecule has 0 fully saturated rings. The van der Waals surface area contributed by atoms with E-state index >= 15 is 0 Å². The van der Waals surface area contributed by atoms with Crippen LogP contribution in [-0.2, 0) is 19.1 Å². The van der Waals surface area contributed by atoms with Crippen molar-refractivity contribution in [2.24, 2.45) is 5.92 Å². The number of rotatable bonds is 6. The monoisotopic (exact) mass is 350 g/mol. The van der Waals surface area contributed by atoms with Gasteiger partial charge in [-0.15, -0.1) is 0 Å².